The molecule has 1 atom stereocenters. The van der Waals surface area contributed by atoms with Crippen LogP contribution in [-0.2, 0) is 0 Å². The number of nitrogens with two attached hydrogens (primary N) is 1. The first-order valence-corrected chi connectivity index (χ1v) is 6.40. The lowest BCUT2D eigenvalue weighted by Gasteiger charge is -2.37. The molecule has 84 valence electrons. The molecule has 2 heterocycles. The van der Waals surface area contributed by atoms with Gasteiger partial charge < -0.3 is 10.6 Å². The molecule has 0 aromatic carbocycles. The minimum atomic E-state index is 0.421. The van der Waals surface area contributed by atoms with E-state index in [1.807, 2.05) is 0 Å². The number of thiophene rings is 1. The van der Waals surface area contributed by atoms with Gasteiger partial charge in [-0.15, -0.1) is 0 Å². The SMILES string of the molecule is CN1CCN([C@H](CN)c2ccsc2)CC1. The standard InChI is InChI=1S/C11H19N3S/c1-13-3-5-14(6-4-13)11(8-12)10-2-7-15-9-10/h2,7,9,11H,3-6,8,12H2,1H3/t11-/m1/s1. The second-order valence-corrected chi connectivity index (χ2v) is 4.93. The Bertz CT molecular complexity index is 278. The zero-order valence-corrected chi connectivity index (χ0v) is 10.0. The number of likely N-dealkylation sites (N-methyl/N-ethyl adjacent to an activating group) is 1. The average Bonchev–Trinajstić information content (AvgIpc) is 2.75. The zero-order valence-electron chi connectivity index (χ0n) is 9.22. The van der Waals surface area contributed by atoms with Crippen LogP contribution < -0.4 is 5.73 Å². The normalized spacial score (nSPS) is 21.7. The van der Waals surface area contributed by atoms with Gasteiger partial charge in [0, 0.05) is 38.8 Å². The number of hydrogen-bond donors (Lipinski definition) is 1. The lowest BCUT2D eigenvalue weighted by atomic mass is 10.1. The molecule has 0 aliphatic carbocycles. The molecule has 1 fully saturated rings. The van der Waals surface area contributed by atoms with Gasteiger partial charge in [-0.25, -0.2) is 0 Å². The Labute approximate surface area is 95.5 Å². The van der Waals surface area contributed by atoms with Gasteiger partial charge in [0.15, 0.2) is 0 Å². The van der Waals surface area contributed by atoms with Crippen molar-refractivity contribution in [1.29, 1.82) is 0 Å². The summed E-state index contributed by atoms with van der Waals surface area (Å²) in [6, 6.07) is 2.62. The molecule has 1 aromatic heterocycles. The number of hydrogen-bond acceptors (Lipinski definition) is 4. The lowest BCUT2D eigenvalue weighted by molar-refractivity contribution is 0.114. The van der Waals surface area contributed by atoms with E-state index in [0.717, 1.165) is 32.7 Å². The Morgan fingerprint density at radius 1 is 1.40 bits per heavy atom. The molecular formula is C11H19N3S. The molecule has 2 rings (SSSR count). The summed E-state index contributed by atoms with van der Waals surface area (Å²) in [4.78, 5) is 4.87. The molecular weight excluding hydrogens is 206 g/mol. The van der Waals surface area contributed by atoms with E-state index < -0.39 is 0 Å². The maximum atomic E-state index is 5.88. The van der Waals surface area contributed by atoms with Crippen molar-refractivity contribution in [1.82, 2.24) is 9.80 Å². The smallest absolute Gasteiger partial charge is 0.0479 e. The van der Waals surface area contributed by atoms with E-state index in [4.69, 9.17) is 5.73 Å². The first-order chi connectivity index (χ1) is 7.31. The van der Waals surface area contributed by atoms with Crippen molar-refractivity contribution in [2.75, 3.05) is 39.8 Å². The summed E-state index contributed by atoms with van der Waals surface area (Å²) in [5.41, 5.74) is 7.26. The Morgan fingerprint density at radius 3 is 2.67 bits per heavy atom. The Hall–Kier alpha value is -0.420. The van der Waals surface area contributed by atoms with E-state index in [1.54, 1.807) is 11.3 Å². The van der Waals surface area contributed by atoms with Crippen LogP contribution in [0, 0.1) is 0 Å². The number of piperazine rings is 1. The summed E-state index contributed by atoms with van der Waals surface area (Å²) >= 11 is 1.76. The molecule has 0 radical (unpaired) electrons. The summed E-state index contributed by atoms with van der Waals surface area (Å²) < 4.78 is 0. The van der Waals surface area contributed by atoms with E-state index in [1.165, 1.54) is 5.56 Å². The molecule has 0 saturated carbocycles. The monoisotopic (exact) mass is 225 g/mol. The van der Waals surface area contributed by atoms with Crippen LogP contribution in [0.1, 0.15) is 11.6 Å². The second kappa shape index (κ2) is 5.07. The van der Waals surface area contributed by atoms with E-state index in [0.29, 0.717) is 6.04 Å². The first kappa shape index (κ1) is 11.1. The van der Waals surface area contributed by atoms with Crippen molar-refractivity contribution < 1.29 is 0 Å². The number of rotatable bonds is 3. The van der Waals surface area contributed by atoms with Gasteiger partial charge in [0.1, 0.15) is 0 Å². The fraction of sp³-hybridized carbons (Fsp3) is 0.636. The first-order valence-electron chi connectivity index (χ1n) is 5.46. The molecule has 0 unspecified atom stereocenters. The van der Waals surface area contributed by atoms with Gasteiger partial charge in [-0.1, -0.05) is 0 Å². The molecule has 0 bridgehead atoms. The topological polar surface area (TPSA) is 32.5 Å². The van der Waals surface area contributed by atoms with Crippen LogP contribution in [-0.4, -0.2) is 49.6 Å². The van der Waals surface area contributed by atoms with Gasteiger partial charge in [0.25, 0.3) is 0 Å². The molecule has 1 aliphatic rings. The van der Waals surface area contributed by atoms with Gasteiger partial charge >= 0.3 is 0 Å². The van der Waals surface area contributed by atoms with Gasteiger partial charge in [0.2, 0.25) is 0 Å². The summed E-state index contributed by atoms with van der Waals surface area (Å²) in [5, 5.41) is 4.35. The van der Waals surface area contributed by atoms with Gasteiger partial charge in [-0.3, -0.25) is 4.90 Å². The molecule has 1 aliphatic heterocycles. The van der Waals surface area contributed by atoms with Crippen molar-refractivity contribution in [2.24, 2.45) is 5.73 Å². The molecule has 0 spiro atoms. The lowest BCUT2D eigenvalue weighted by Crippen LogP contribution is -2.47. The maximum absolute atomic E-state index is 5.88. The molecule has 4 heteroatoms. The minimum absolute atomic E-state index is 0.421. The third kappa shape index (κ3) is 2.58. The quantitative estimate of drug-likeness (QED) is 0.833. The fourth-order valence-electron chi connectivity index (χ4n) is 2.09. The van der Waals surface area contributed by atoms with Crippen molar-refractivity contribution >= 4 is 11.3 Å². The molecule has 0 amide bonds. The van der Waals surface area contributed by atoms with Crippen LogP contribution >= 0.6 is 11.3 Å². The predicted octanol–water partition coefficient (Wildman–Crippen LogP) is 0.995. The van der Waals surface area contributed by atoms with Crippen LogP contribution in [0.4, 0.5) is 0 Å². The Balaban J connectivity index is 2.01. The minimum Gasteiger partial charge on any atom is -0.329 e. The Morgan fingerprint density at radius 2 is 2.13 bits per heavy atom. The highest BCUT2D eigenvalue weighted by Crippen LogP contribution is 2.22. The molecule has 1 aromatic rings. The Kier molecular flexibility index (Phi) is 3.75. The maximum Gasteiger partial charge on any atom is 0.0479 e. The summed E-state index contributed by atoms with van der Waals surface area (Å²) in [6.07, 6.45) is 0. The van der Waals surface area contributed by atoms with E-state index in [9.17, 15) is 0 Å². The van der Waals surface area contributed by atoms with Crippen molar-refractivity contribution in [2.45, 2.75) is 6.04 Å². The van der Waals surface area contributed by atoms with Crippen LogP contribution in [0.25, 0.3) is 0 Å². The van der Waals surface area contributed by atoms with Gasteiger partial charge in [0.05, 0.1) is 0 Å². The van der Waals surface area contributed by atoms with Crippen LogP contribution in [0.5, 0.6) is 0 Å². The largest absolute Gasteiger partial charge is 0.329 e. The van der Waals surface area contributed by atoms with Crippen LogP contribution in [0.15, 0.2) is 16.8 Å². The third-order valence-corrected chi connectivity index (χ3v) is 3.83. The zero-order chi connectivity index (χ0) is 10.7. The highest BCUT2D eigenvalue weighted by atomic mass is 32.1. The molecule has 3 nitrogen and oxygen atoms in total. The summed E-state index contributed by atoms with van der Waals surface area (Å²) in [5.74, 6) is 0. The van der Waals surface area contributed by atoms with Crippen molar-refractivity contribution in [3.8, 4) is 0 Å². The molecule has 15 heavy (non-hydrogen) atoms. The third-order valence-electron chi connectivity index (χ3n) is 3.13. The van der Waals surface area contributed by atoms with Gasteiger partial charge in [-0.2, -0.15) is 11.3 Å². The molecule has 1 saturated heterocycles. The summed E-state index contributed by atoms with van der Waals surface area (Å²) in [7, 11) is 2.18. The van der Waals surface area contributed by atoms with Crippen molar-refractivity contribution in [3.63, 3.8) is 0 Å². The van der Waals surface area contributed by atoms with Gasteiger partial charge in [-0.05, 0) is 29.4 Å². The second-order valence-electron chi connectivity index (χ2n) is 4.15. The highest BCUT2D eigenvalue weighted by molar-refractivity contribution is 7.07. The summed E-state index contributed by atoms with van der Waals surface area (Å²) in [6.45, 7) is 5.30. The van der Waals surface area contributed by atoms with E-state index in [-0.39, 0.29) is 0 Å². The van der Waals surface area contributed by atoms with Crippen molar-refractivity contribution in [3.05, 3.63) is 22.4 Å². The highest BCUT2D eigenvalue weighted by Gasteiger charge is 2.22. The fourth-order valence-corrected chi connectivity index (χ4v) is 2.80. The van der Waals surface area contributed by atoms with E-state index in [2.05, 4.69) is 33.7 Å². The number of nitrogens with zero attached hydrogens (tertiary/aromatic N) is 2. The predicted molar refractivity (Wildman–Crippen MR) is 65.2 cm³/mol. The van der Waals surface area contributed by atoms with Crippen LogP contribution in [0.2, 0.25) is 0 Å². The van der Waals surface area contributed by atoms with E-state index >= 15 is 0 Å². The van der Waals surface area contributed by atoms with Crippen LogP contribution in [0.3, 0.4) is 0 Å². The molecule has 2 N–H and O–H groups in total. The average molecular weight is 225 g/mol.